The molecule has 2 aromatic heterocycles. The van der Waals surface area contributed by atoms with E-state index in [2.05, 4.69) is 16.8 Å². The van der Waals surface area contributed by atoms with Crippen molar-refractivity contribution in [1.82, 2.24) is 19.3 Å². The van der Waals surface area contributed by atoms with Crippen LogP contribution < -0.4 is 10.6 Å². The summed E-state index contributed by atoms with van der Waals surface area (Å²) in [5.41, 5.74) is 7.50. The molecule has 2 aromatic rings. The molecule has 0 aromatic carbocycles. The van der Waals surface area contributed by atoms with Crippen LogP contribution in [0.1, 0.15) is 31.4 Å². The highest BCUT2D eigenvalue weighted by Crippen LogP contribution is 2.32. The quantitative estimate of drug-likeness (QED) is 0.681. The van der Waals surface area contributed by atoms with Gasteiger partial charge in [-0.15, -0.1) is 0 Å². The van der Waals surface area contributed by atoms with E-state index in [0.717, 1.165) is 18.1 Å². The second kappa shape index (κ2) is 8.85. The lowest BCUT2D eigenvalue weighted by molar-refractivity contribution is 0.0985. The summed E-state index contributed by atoms with van der Waals surface area (Å²) in [6, 6.07) is 5.63. The number of nitrogens with zero attached hydrogens (tertiary/aromatic N) is 5. The summed E-state index contributed by atoms with van der Waals surface area (Å²) in [4.78, 5) is 15.9. The predicted octanol–water partition coefficient (Wildman–Crippen LogP) is 2.14. The maximum atomic E-state index is 11.9. The van der Waals surface area contributed by atoms with Crippen LogP contribution in [0.3, 0.4) is 0 Å². The van der Waals surface area contributed by atoms with Crippen LogP contribution in [0.5, 0.6) is 0 Å². The largest absolute Gasteiger partial charge is 0.384 e. The first-order valence-corrected chi connectivity index (χ1v) is 12.6. The summed E-state index contributed by atoms with van der Waals surface area (Å²) in [5.74, 6) is 1.81. The number of morpholine rings is 1. The molecule has 11 heteroatoms. The molecule has 4 rings (SSSR count). The number of aromatic nitrogens is 3. The Morgan fingerprint density at radius 3 is 2.52 bits per heavy atom. The minimum Gasteiger partial charge on any atom is -0.384 e. The molecule has 0 bridgehead atoms. The van der Waals surface area contributed by atoms with E-state index in [4.69, 9.17) is 32.0 Å². The highest BCUT2D eigenvalue weighted by Gasteiger charge is 2.29. The molecule has 31 heavy (non-hydrogen) atoms. The van der Waals surface area contributed by atoms with E-state index in [1.165, 1.54) is 10.6 Å². The average Bonchev–Trinajstić information content (AvgIpc) is 2.72. The van der Waals surface area contributed by atoms with E-state index >= 15 is 0 Å². The number of rotatable bonds is 4. The molecule has 9 nitrogen and oxygen atoms in total. The van der Waals surface area contributed by atoms with E-state index in [0.29, 0.717) is 56.4 Å². The van der Waals surface area contributed by atoms with Crippen molar-refractivity contribution in [2.45, 2.75) is 31.7 Å². The number of nitrogens with two attached hydrogens (primary N) is 1. The maximum absolute atomic E-state index is 11.9. The minimum absolute atomic E-state index is 0.143. The lowest BCUT2D eigenvalue weighted by Crippen LogP contribution is -2.44. The molecule has 2 aliphatic heterocycles. The molecule has 2 fully saturated rings. The molecule has 0 aliphatic carbocycles. The standard InChI is InChI=1S/C20H27ClN6O3S/c1-13-12-30-8-7-27(13)19-11-16(14-3-5-26(6-4-14)31(2,28)29)23-20(25-19)15-9-17(21)24-18(22)10-15/h9-11,13-14H,3-8,12H2,1-2H3,(H2,22,24). The monoisotopic (exact) mass is 466 g/mol. The lowest BCUT2D eigenvalue weighted by atomic mass is 9.94. The van der Waals surface area contributed by atoms with Crippen molar-refractivity contribution in [3.05, 3.63) is 29.0 Å². The van der Waals surface area contributed by atoms with Gasteiger partial charge in [0.2, 0.25) is 10.0 Å². The fourth-order valence-corrected chi connectivity index (χ4v) is 5.22. The molecule has 1 atom stereocenters. The third-order valence-electron chi connectivity index (χ3n) is 5.81. The Morgan fingerprint density at radius 1 is 1.13 bits per heavy atom. The van der Waals surface area contributed by atoms with Crippen molar-refractivity contribution < 1.29 is 13.2 Å². The molecule has 0 amide bonds. The highest BCUT2D eigenvalue weighted by molar-refractivity contribution is 7.88. The first-order chi connectivity index (χ1) is 14.7. The molecule has 2 saturated heterocycles. The molecule has 2 aliphatic rings. The van der Waals surface area contributed by atoms with Crippen LogP contribution in [-0.4, -0.2) is 72.8 Å². The second-order valence-electron chi connectivity index (χ2n) is 8.13. The number of hydrogen-bond acceptors (Lipinski definition) is 8. The van der Waals surface area contributed by atoms with Crippen molar-refractivity contribution in [3.63, 3.8) is 0 Å². The number of piperidine rings is 1. The van der Waals surface area contributed by atoms with Gasteiger partial charge in [0, 0.05) is 42.9 Å². The van der Waals surface area contributed by atoms with Gasteiger partial charge in [0.15, 0.2) is 5.82 Å². The van der Waals surface area contributed by atoms with Crippen LogP contribution in [0.2, 0.25) is 5.15 Å². The molecular weight excluding hydrogens is 440 g/mol. The zero-order valence-corrected chi connectivity index (χ0v) is 19.2. The lowest BCUT2D eigenvalue weighted by Gasteiger charge is -2.35. The molecule has 0 saturated carbocycles. The maximum Gasteiger partial charge on any atom is 0.211 e. The van der Waals surface area contributed by atoms with Crippen LogP contribution in [0.15, 0.2) is 18.2 Å². The third kappa shape index (κ3) is 5.08. The average molecular weight is 467 g/mol. The number of sulfonamides is 1. The first-order valence-electron chi connectivity index (χ1n) is 10.3. The van der Waals surface area contributed by atoms with Crippen LogP contribution in [0, 0.1) is 0 Å². The number of nitrogen functional groups attached to an aromatic ring is 1. The van der Waals surface area contributed by atoms with Gasteiger partial charge in [0.1, 0.15) is 16.8 Å². The van der Waals surface area contributed by atoms with Gasteiger partial charge in [-0.1, -0.05) is 11.6 Å². The van der Waals surface area contributed by atoms with Gasteiger partial charge in [-0.25, -0.2) is 27.7 Å². The number of pyridine rings is 1. The third-order valence-corrected chi connectivity index (χ3v) is 7.30. The second-order valence-corrected chi connectivity index (χ2v) is 10.5. The van der Waals surface area contributed by atoms with Gasteiger partial charge >= 0.3 is 0 Å². The van der Waals surface area contributed by atoms with E-state index in [1.54, 1.807) is 12.1 Å². The summed E-state index contributed by atoms with van der Waals surface area (Å²) in [5, 5.41) is 0.284. The number of hydrogen-bond donors (Lipinski definition) is 1. The van der Waals surface area contributed by atoms with Crippen LogP contribution in [0.4, 0.5) is 11.6 Å². The van der Waals surface area contributed by atoms with Crippen molar-refractivity contribution >= 4 is 33.3 Å². The summed E-state index contributed by atoms with van der Waals surface area (Å²) in [6.07, 6.45) is 2.67. The fourth-order valence-electron chi connectivity index (χ4n) is 4.13. The first kappa shape index (κ1) is 22.2. The van der Waals surface area contributed by atoms with E-state index in [9.17, 15) is 8.42 Å². The summed E-state index contributed by atoms with van der Waals surface area (Å²) in [7, 11) is -3.18. The zero-order chi connectivity index (χ0) is 22.2. The molecular formula is C20H27ClN6O3S. The van der Waals surface area contributed by atoms with Crippen molar-refractivity contribution in [3.8, 4) is 11.4 Å². The Labute approximate surface area is 187 Å². The fraction of sp³-hybridized carbons (Fsp3) is 0.550. The summed E-state index contributed by atoms with van der Waals surface area (Å²) in [6.45, 7) is 5.09. The normalized spacial score (nSPS) is 21.4. The molecule has 1 unspecified atom stereocenters. The van der Waals surface area contributed by atoms with E-state index < -0.39 is 10.0 Å². The molecule has 2 N–H and O–H groups in total. The van der Waals surface area contributed by atoms with Crippen molar-refractivity contribution in [2.75, 3.05) is 49.7 Å². The molecule has 168 valence electrons. The number of ether oxygens (including phenoxy) is 1. The highest BCUT2D eigenvalue weighted by atomic mass is 35.5. The Bertz CT molecular complexity index is 1040. The molecule has 0 radical (unpaired) electrons. The Kier molecular flexibility index (Phi) is 6.34. The van der Waals surface area contributed by atoms with Gasteiger partial charge in [-0.05, 0) is 31.9 Å². The Morgan fingerprint density at radius 2 is 1.87 bits per heavy atom. The van der Waals surface area contributed by atoms with Crippen LogP contribution in [0.25, 0.3) is 11.4 Å². The van der Waals surface area contributed by atoms with Gasteiger partial charge < -0.3 is 15.4 Å². The number of halogens is 1. The van der Waals surface area contributed by atoms with Crippen LogP contribution in [-0.2, 0) is 14.8 Å². The minimum atomic E-state index is -3.18. The van der Waals surface area contributed by atoms with Crippen molar-refractivity contribution in [1.29, 1.82) is 0 Å². The van der Waals surface area contributed by atoms with Crippen molar-refractivity contribution in [2.24, 2.45) is 0 Å². The van der Waals surface area contributed by atoms with Crippen LogP contribution >= 0.6 is 11.6 Å². The SMILES string of the molecule is CC1COCCN1c1cc(C2CCN(S(C)(=O)=O)CC2)nc(-c2cc(N)nc(Cl)c2)n1. The van der Waals surface area contributed by atoms with Gasteiger partial charge in [0.05, 0.1) is 25.5 Å². The molecule has 0 spiro atoms. The topological polar surface area (TPSA) is 115 Å². The Hall–Kier alpha value is -2.01. The smallest absolute Gasteiger partial charge is 0.211 e. The summed E-state index contributed by atoms with van der Waals surface area (Å²) >= 11 is 6.12. The van der Waals surface area contributed by atoms with Gasteiger partial charge in [-0.2, -0.15) is 0 Å². The zero-order valence-electron chi connectivity index (χ0n) is 17.7. The van der Waals surface area contributed by atoms with E-state index in [1.807, 2.05) is 6.07 Å². The Balaban J connectivity index is 1.71. The predicted molar refractivity (Wildman–Crippen MR) is 121 cm³/mol. The number of anilines is 2. The van der Waals surface area contributed by atoms with E-state index in [-0.39, 0.29) is 17.1 Å². The molecule has 4 heterocycles. The van der Waals surface area contributed by atoms with Gasteiger partial charge in [-0.3, -0.25) is 0 Å². The summed E-state index contributed by atoms with van der Waals surface area (Å²) < 4.78 is 30.9. The van der Waals surface area contributed by atoms with Gasteiger partial charge in [0.25, 0.3) is 0 Å².